The third kappa shape index (κ3) is 4.03. The molecule has 2 N–H and O–H groups in total. The van der Waals surface area contributed by atoms with Gasteiger partial charge in [0.2, 0.25) is 5.88 Å². The van der Waals surface area contributed by atoms with Gasteiger partial charge in [0.05, 0.1) is 43.8 Å². The maximum Gasteiger partial charge on any atom is 0.416 e. The number of hydrogen-bond acceptors (Lipinski definition) is 6. The number of rotatable bonds is 3. The first-order chi connectivity index (χ1) is 12.8. The average Bonchev–Trinajstić information content (AvgIpc) is 2.61. The Bertz CT molecular complexity index is 975. The molecule has 0 saturated carbocycles. The SMILES string of the molecule is O=c1[nH]c(=O)n(-c2cccc(C(F)(F)F)c2)c(O)c1/C=N/N1CCOCC1. The maximum absolute atomic E-state index is 12.9. The minimum absolute atomic E-state index is 0.246. The van der Waals surface area contributed by atoms with E-state index in [1.807, 2.05) is 4.98 Å². The lowest BCUT2D eigenvalue weighted by atomic mass is 10.2. The first-order valence-electron chi connectivity index (χ1n) is 7.90. The fourth-order valence-electron chi connectivity index (χ4n) is 2.52. The van der Waals surface area contributed by atoms with Crippen LogP contribution in [0.4, 0.5) is 13.2 Å². The van der Waals surface area contributed by atoms with Gasteiger partial charge in [0.25, 0.3) is 5.56 Å². The van der Waals surface area contributed by atoms with Crippen molar-refractivity contribution in [2.75, 3.05) is 26.3 Å². The molecule has 0 radical (unpaired) electrons. The molecule has 144 valence electrons. The van der Waals surface area contributed by atoms with Crippen molar-refractivity contribution in [2.45, 2.75) is 6.18 Å². The molecule has 2 heterocycles. The Labute approximate surface area is 150 Å². The van der Waals surface area contributed by atoms with Crippen LogP contribution in [-0.4, -0.2) is 52.2 Å². The zero-order valence-electron chi connectivity index (χ0n) is 13.9. The van der Waals surface area contributed by atoms with Crippen LogP contribution in [-0.2, 0) is 10.9 Å². The van der Waals surface area contributed by atoms with E-state index in [1.54, 1.807) is 5.01 Å². The lowest BCUT2D eigenvalue weighted by Gasteiger charge is -2.23. The number of nitrogens with one attached hydrogen (secondary N) is 1. The quantitative estimate of drug-likeness (QED) is 0.767. The van der Waals surface area contributed by atoms with E-state index < -0.39 is 28.9 Å². The van der Waals surface area contributed by atoms with Gasteiger partial charge in [-0.2, -0.15) is 18.3 Å². The van der Waals surface area contributed by atoms with E-state index in [-0.39, 0.29) is 11.3 Å². The van der Waals surface area contributed by atoms with Gasteiger partial charge in [0.15, 0.2) is 0 Å². The van der Waals surface area contributed by atoms with Crippen LogP contribution in [0.5, 0.6) is 5.88 Å². The molecule has 1 aromatic heterocycles. The molecule has 0 amide bonds. The summed E-state index contributed by atoms with van der Waals surface area (Å²) in [6.07, 6.45) is -3.57. The number of ether oxygens (including phenoxy) is 1. The van der Waals surface area contributed by atoms with Crippen molar-refractivity contribution < 1.29 is 23.0 Å². The smallest absolute Gasteiger partial charge is 0.416 e. The second-order valence-corrected chi connectivity index (χ2v) is 5.69. The molecule has 0 bridgehead atoms. The summed E-state index contributed by atoms with van der Waals surface area (Å²) in [5.74, 6) is -0.805. The van der Waals surface area contributed by atoms with E-state index in [0.29, 0.717) is 36.9 Å². The molecule has 1 aliphatic rings. The molecule has 0 aliphatic carbocycles. The van der Waals surface area contributed by atoms with Crippen molar-refractivity contribution in [1.29, 1.82) is 0 Å². The molecule has 1 aliphatic heterocycles. The lowest BCUT2D eigenvalue weighted by molar-refractivity contribution is -0.137. The highest BCUT2D eigenvalue weighted by molar-refractivity contribution is 5.82. The van der Waals surface area contributed by atoms with Crippen LogP contribution in [0.3, 0.4) is 0 Å². The number of aromatic hydroxyl groups is 1. The number of nitrogens with zero attached hydrogens (tertiary/aromatic N) is 3. The fourth-order valence-corrected chi connectivity index (χ4v) is 2.52. The first-order valence-corrected chi connectivity index (χ1v) is 7.90. The minimum Gasteiger partial charge on any atom is -0.493 e. The van der Waals surface area contributed by atoms with Crippen LogP contribution in [0.15, 0.2) is 39.0 Å². The molecule has 0 atom stereocenters. The zero-order chi connectivity index (χ0) is 19.6. The minimum atomic E-state index is -4.63. The molecule has 8 nitrogen and oxygen atoms in total. The van der Waals surface area contributed by atoms with Crippen LogP contribution >= 0.6 is 0 Å². The summed E-state index contributed by atoms with van der Waals surface area (Å²) in [6.45, 7) is 1.84. The van der Waals surface area contributed by atoms with Crippen molar-refractivity contribution in [2.24, 2.45) is 5.10 Å². The number of H-pyrrole nitrogens is 1. The van der Waals surface area contributed by atoms with Crippen molar-refractivity contribution in [3.63, 3.8) is 0 Å². The van der Waals surface area contributed by atoms with Crippen molar-refractivity contribution >= 4 is 6.21 Å². The van der Waals surface area contributed by atoms with Gasteiger partial charge in [-0.3, -0.25) is 14.8 Å². The summed E-state index contributed by atoms with van der Waals surface area (Å²) in [7, 11) is 0. The monoisotopic (exact) mass is 384 g/mol. The molecule has 0 unspecified atom stereocenters. The van der Waals surface area contributed by atoms with Gasteiger partial charge in [0.1, 0.15) is 5.56 Å². The lowest BCUT2D eigenvalue weighted by Crippen LogP contribution is -2.34. The fraction of sp³-hybridized carbons (Fsp3) is 0.312. The van der Waals surface area contributed by atoms with Gasteiger partial charge in [-0.15, -0.1) is 0 Å². The second kappa shape index (κ2) is 7.27. The van der Waals surface area contributed by atoms with Gasteiger partial charge in [-0.05, 0) is 18.2 Å². The van der Waals surface area contributed by atoms with Crippen LogP contribution in [0.25, 0.3) is 5.69 Å². The number of hydrogen-bond donors (Lipinski definition) is 2. The highest BCUT2D eigenvalue weighted by Crippen LogP contribution is 2.30. The number of hydrazone groups is 1. The molecule has 1 aromatic carbocycles. The van der Waals surface area contributed by atoms with E-state index in [9.17, 15) is 27.9 Å². The molecule has 11 heteroatoms. The summed E-state index contributed by atoms with van der Waals surface area (Å²) in [4.78, 5) is 26.0. The van der Waals surface area contributed by atoms with Gasteiger partial charge in [-0.25, -0.2) is 9.36 Å². The number of alkyl halides is 3. The standard InChI is InChI=1S/C16H15F3N4O4/c17-16(18,19)10-2-1-3-11(8-10)23-14(25)12(13(24)21-15(23)26)9-20-22-4-6-27-7-5-22/h1-3,8-9,25H,4-7H2,(H,21,24,26)/b20-9+. The van der Waals surface area contributed by atoms with Crippen LogP contribution < -0.4 is 11.2 Å². The topological polar surface area (TPSA) is 99.9 Å². The summed E-state index contributed by atoms with van der Waals surface area (Å²) < 4.78 is 44.5. The van der Waals surface area contributed by atoms with Gasteiger partial charge >= 0.3 is 11.9 Å². The van der Waals surface area contributed by atoms with Crippen LogP contribution in [0.1, 0.15) is 11.1 Å². The van der Waals surface area contributed by atoms with E-state index >= 15 is 0 Å². The highest BCUT2D eigenvalue weighted by atomic mass is 19.4. The first kappa shape index (κ1) is 18.7. The molecule has 0 spiro atoms. The Morgan fingerprint density at radius 3 is 2.59 bits per heavy atom. The Balaban J connectivity index is 2.06. The predicted molar refractivity (Wildman–Crippen MR) is 89.3 cm³/mol. The molecule has 1 fully saturated rings. The normalized spacial score (nSPS) is 15.4. The van der Waals surface area contributed by atoms with Crippen molar-refractivity contribution in [3.05, 3.63) is 56.2 Å². The number of benzene rings is 1. The largest absolute Gasteiger partial charge is 0.493 e. The van der Waals surface area contributed by atoms with Crippen molar-refractivity contribution in [1.82, 2.24) is 14.6 Å². The Kier molecular flexibility index (Phi) is 5.04. The molecule has 27 heavy (non-hydrogen) atoms. The second-order valence-electron chi connectivity index (χ2n) is 5.69. The number of aromatic nitrogens is 2. The van der Waals surface area contributed by atoms with Gasteiger partial charge < -0.3 is 9.84 Å². The zero-order valence-corrected chi connectivity index (χ0v) is 13.9. The Morgan fingerprint density at radius 2 is 1.93 bits per heavy atom. The third-order valence-corrected chi connectivity index (χ3v) is 3.89. The third-order valence-electron chi connectivity index (χ3n) is 3.89. The summed E-state index contributed by atoms with van der Waals surface area (Å²) in [5.41, 5.74) is -3.57. The average molecular weight is 384 g/mol. The number of morpholine rings is 1. The highest BCUT2D eigenvalue weighted by Gasteiger charge is 2.31. The maximum atomic E-state index is 12.9. The number of aromatic amines is 1. The molecule has 2 aromatic rings. The number of halogens is 3. The van der Waals surface area contributed by atoms with Gasteiger partial charge in [0, 0.05) is 0 Å². The van der Waals surface area contributed by atoms with E-state index in [2.05, 4.69) is 5.10 Å². The summed E-state index contributed by atoms with van der Waals surface area (Å²) >= 11 is 0. The Hall–Kier alpha value is -3.08. The summed E-state index contributed by atoms with van der Waals surface area (Å²) in [6, 6.07) is 3.83. The van der Waals surface area contributed by atoms with Crippen LogP contribution in [0, 0.1) is 0 Å². The van der Waals surface area contributed by atoms with E-state index in [1.165, 1.54) is 6.07 Å². The molecular weight excluding hydrogens is 369 g/mol. The van der Waals surface area contributed by atoms with Crippen LogP contribution in [0.2, 0.25) is 0 Å². The van der Waals surface area contributed by atoms with Crippen molar-refractivity contribution in [3.8, 4) is 11.6 Å². The summed E-state index contributed by atoms with van der Waals surface area (Å²) in [5, 5.41) is 16.0. The van der Waals surface area contributed by atoms with E-state index in [4.69, 9.17) is 4.74 Å². The molecule has 1 saturated heterocycles. The Morgan fingerprint density at radius 1 is 1.22 bits per heavy atom. The molecule has 3 rings (SSSR count). The van der Waals surface area contributed by atoms with E-state index in [0.717, 1.165) is 18.3 Å². The predicted octanol–water partition coefficient (Wildman–Crippen LogP) is 0.916. The molecular formula is C16H15F3N4O4. The van der Waals surface area contributed by atoms with Gasteiger partial charge in [-0.1, -0.05) is 6.07 Å².